The molecule has 0 saturated carbocycles. The van der Waals surface area contributed by atoms with Gasteiger partial charge in [0.05, 0.1) is 18.0 Å². The average molecular weight is 388 g/mol. The molecule has 0 unspecified atom stereocenters. The fourth-order valence-electron chi connectivity index (χ4n) is 3.30. The van der Waals surface area contributed by atoms with Crippen LogP contribution in [0.4, 0.5) is 5.69 Å². The van der Waals surface area contributed by atoms with Crippen LogP contribution in [-0.4, -0.2) is 32.7 Å². The van der Waals surface area contributed by atoms with E-state index in [1.54, 1.807) is 30.3 Å². The van der Waals surface area contributed by atoms with Crippen molar-refractivity contribution in [3.8, 4) is 5.75 Å². The smallest absolute Gasteiger partial charge is 0.241 e. The predicted molar refractivity (Wildman–Crippen MR) is 105 cm³/mol. The van der Waals surface area contributed by atoms with Gasteiger partial charge in [-0.05, 0) is 32.0 Å². The number of anilines is 1. The minimum absolute atomic E-state index is 0.241. The number of rotatable bonds is 5. The second-order valence-electron chi connectivity index (χ2n) is 7.33. The van der Waals surface area contributed by atoms with Crippen LogP contribution in [0.3, 0.4) is 0 Å². The molecule has 144 valence electrons. The van der Waals surface area contributed by atoms with Gasteiger partial charge < -0.3 is 10.1 Å². The normalized spacial score (nSPS) is 18.1. The summed E-state index contributed by atoms with van der Waals surface area (Å²) in [5.41, 5.74) is 0.932. The van der Waals surface area contributed by atoms with Crippen LogP contribution in [0.15, 0.2) is 54.6 Å². The monoisotopic (exact) mass is 388 g/mol. The molecule has 2 aromatic carbocycles. The lowest BCUT2D eigenvalue weighted by Crippen LogP contribution is -2.45. The number of carbonyl (C=O) groups excluding carboxylic acids is 1. The molecule has 27 heavy (non-hydrogen) atoms. The highest BCUT2D eigenvalue weighted by Gasteiger charge is 2.34. The Kier molecular flexibility index (Phi) is 5.15. The first-order valence-corrected chi connectivity index (χ1v) is 10.6. The molecule has 7 heteroatoms. The molecule has 0 bridgehead atoms. The van der Waals surface area contributed by atoms with Crippen LogP contribution >= 0.6 is 0 Å². The number of carbonyl (C=O) groups is 1. The SMILES string of the molecule is CC1(C)C[C@H](NC(=O)CN(c2ccccc2)S(C)(=O)=O)c2ccccc2O1. The summed E-state index contributed by atoms with van der Waals surface area (Å²) in [6, 6.07) is 15.9. The molecular formula is C20H24N2O4S. The van der Waals surface area contributed by atoms with Gasteiger partial charge in [0.25, 0.3) is 0 Å². The van der Waals surface area contributed by atoms with Crippen molar-refractivity contribution in [2.45, 2.75) is 31.9 Å². The molecule has 1 amide bonds. The molecule has 0 aromatic heterocycles. The second kappa shape index (κ2) is 7.23. The minimum Gasteiger partial charge on any atom is -0.487 e. The van der Waals surface area contributed by atoms with Crippen molar-refractivity contribution in [3.63, 3.8) is 0 Å². The van der Waals surface area contributed by atoms with Crippen LogP contribution in [-0.2, 0) is 14.8 Å². The van der Waals surface area contributed by atoms with Crippen molar-refractivity contribution in [3.05, 3.63) is 60.2 Å². The molecule has 1 atom stereocenters. The van der Waals surface area contributed by atoms with Crippen molar-refractivity contribution in [1.82, 2.24) is 5.32 Å². The largest absolute Gasteiger partial charge is 0.487 e. The number of fused-ring (bicyclic) bond motifs is 1. The summed E-state index contributed by atoms with van der Waals surface area (Å²) in [6.45, 7) is 3.66. The molecule has 1 aliphatic rings. The highest BCUT2D eigenvalue weighted by atomic mass is 32.2. The van der Waals surface area contributed by atoms with Crippen LogP contribution in [0, 0.1) is 0 Å². The maximum Gasteiger partial charge on any atom is 0.241 e. The standard InChI is InChI=1S/C20H24N2O4S/c1-20(2)13-17(16-11-7-8-12-18(16)26-20)21-19(23)14-22(27(3,24)25)15-9-5-4-6-10-15/h4-12,17H,13-14H2,1-3H3,(H,21,23)/t17-/m0/s1. The Bertz CT molecular complexity index is 926. The molecule has 0 radical (unpaired) electrons. The Hall–Kier alpha value is -2.54. The maximum atomic E-state index is 12.7. The van der Waals surface area contributed by atoms with Crippen molar-refractivity contribution in [2.24, 2.45) is 0 Å². The fourth-order valence-corrected chi connectivity index (χ4v) is 4.15. The zero-order chi connectivity index (χ0) is 19.7. The summed E-state index contributed by atoms with van der Waals surface area (Å²) in [6.07, 6.45) is 1.69. The summed E-state index contributed by atoms with van der Waals surface area (Å²) in [7, 11) is -3.59. The third-order valence-electron chi connectivity index (χ3n) is 4.44. The van der Waals surface area contributed by atoms with E-state index in [4.69, 9.17) is 4.74 Å². The van der Waals surface area contributed by atoms with E-state index in [1.165, 1.54) is 0 Å². The number of benzene rings is 2. The van der Waals surface area contributed by atoms with Gasteiger partial charge in [-0.15, -0.1) is 0 Å². The van der Waals surface area contributed by atoms with Crippen LogP contribution in [0.5, 0.6) is 5.75 Å². The van der Waals surface area contributed by atoms with Gasteiger partial charge in [-0.25, -0.2) is 8.42 Å². The van der Waals surface area contributed by atoms with E-state index in [1.807, 2.05) is 38.1 Å². The van der Waals surface area contributed by atoms with Crippen molar-refractivity contribution in [1.29, 1.82) is 0 Å². The number of hydrogen-bond acceptors (Lipinski definition) is 4. The minimum atomic E-state index is -3.59. The maximum absolute atomic E-state index is 12.7. The van der Waals surface area contributed by atoms with Gasteiger partial charge in [0.1, 0.15) is 17.9 Å². The topological polar surface area (TPSA) is 75.7 Å². The number of nitrogens with one attached hydrogen (secondary N) is 1. The van der Waals surface area contributed by atoms with E-state index in [9.17, 15) is 13.2 Å². The first-order chi connectivity index (χ1) is 12.7. The molecule has 1 aliphatic heterocycles. The Morgan fingerprint density at radius 1 is 1.15 bits per heavy atom. The number of para-hydroxylation sites is 2. The third-order valence-corrected chi connectivity index (χ3v) is 5.58. The number of hydrogen-bond donors (Lipinski definition) is 1. The van der Waals surface area contributed by atoms with E-state index in [0.29, 0.717) is 12.1 Å². The van der Waals surface area contributed by atoms with E-state index in [0.717, 1.165) is 21.9 Å². The van der Waals surface area contributed by atoms with E-state index in [-0.39, 0.29) is 18.5 Å². The lowest BCUT2D eigenvalue weighted by Gasteiger charge is -2.38. The zero-order valence-electron chi connectivity index (χ0n) is 15.7. The fraction of sp³-hybridized carbons (Fsp3) is 0.350. The summed E-state index contributed by atoms with van der Waals surface area (Å²) in [5, 5.41) is 2.98. The number of nitrogens with zero attached hydrogens (tertiary/aromatic N) is 1. The molecule has 0 saturated heterocycles. The second-order valence-corrected chi connectivity index (χ2v) is 9.24. The quantitative estimate of drug-likeness (QED) is 0.855. The van der Waals surface area contributed by atoms with Crippen LogP contribution in [0.25, 0.3) is 0 Å². The molecule has 0 spiro atoms. The van der Waals surface area contributed by atoms with E-state index in [2.05, 4.69) is 5.32 Å². The first kappa shape index (κ1) is 19.2. The van der Waals surface area contributed by atoms with Crippen LogP contribution in [0.1, 0.15) is 31.9 Å². The molecule has 3 rings (SSSR count). The van der Waals surface area contributed by atoms with Crippen LogP contribution in [0.2, 0.25) is 0 Å². The third kappa shape index (κ3) is 4.60. The average Bonchev–Trinajstić information content (AvgIpc) is 2.58. The summed E-state index contributed by atoms with van der Waals surface area (Å²) < 4.78 is 31.5. The van der Waals surface area contributed by atoms with Gasteiger partial charge in [-0.3, -0.25) is 9.10 Å². The molecule has 1 heterocycles. The summed E-state index contributed by atoms with van der Waals surface area (Å²) in [5.74, 6) is 0.379. The molecule has 1 N–H and O–H groups in total. The van der Waals surface area contributed by atoms with Gasteiger partial charge >= 0.3 is 0 Å². The first-order valence-electron chi connectivity index (χ1n) is 8.76. The summed E-state index contributed by atoms with van der Waals surface area (Å²) >= 11 is 0. The van der Waals surface area contributed by atoms with Crippen molar-refractivity contribution < 1.29 is 17.9 Å². The van der Waals surface area contributed by atoms with Crippen molar-refractivity contribution in [2.75, 3.05) is 17.1 Å². The number of sulfonamides is 1. The Balaban J connectivity index is 1.80. The highest BCUT2D eigenvalue weighted by molar-refractivity contribution is 7.92. The molecular weight excluding hydrogens is 364 g/mol. The van der Waals surface area contributed by atoms with Gasteiger partial charge in [0.15, 0.2) is 0 Å². The highest BCUT2D eigenvalue weighted by Crippen LogP contribution is 2.39. The predicted octanol–water partition coefficient (Wildman–Crippen LogP) is 2.87. The van der Waals surface area contributed by atoms with Crippen LogP contribution < -0.4 is 14.4 Å². The van der Waals surface area contributed by atoms with Gasteiger partial charge in [0.2, 0.25) is 15.9 Å². The lowest BCUT2D eigenvalue weighted by molar-refractivity contribution is -0.120. The van der Waals surface area contributed by atoms with Gasteiger partial charge in [-0.1, -0.05) is 36.4 Å². The van der Waals surface area contributed by atoms with Gasteiger partial charge in [-0.2, -0.15) is 0 Å². The lowest BCUT2D eigenvalue weighted by atomic mass is 9.89. The Morgan fingerprint density at radius 3 is 2.44 bits per heavy atom. The molecule has 6 nitrogen and oxygen atoms in total. The number of ether oxygens (including phenoxy) is 1. The van der Waals surface area contributed by atoms with E-state index >= 15 is 0 Å². The Labute approximate surface area is 160 Å². The molecule has 0 aliphatic carbocycles. The number of amides is 1. The molecule has 0 fully saturated rings. The summed E-state index contributed by atoms with van der Waals surface area (Å²) in [4.78, 5) is 12.7. The van der Waals surface area contributed by atoms with Gasteiger partial charge in [0, 0.05) is 12.0 Å². The molecule has 2 aromatic rings. The Morgan fingerprint density at radius 2 is 1.78 bits per heavy atom. The zero-order valence-corrected chi connectivity index (χ0v) is 16.5. The van der Waals surface area contributed by atoms with E-state index < -0.39 is 15.6 Å². The van der Waals surface area contributed by atoms with Crippen molar-refractivity contribution >= 4 is 21.6 Å².